The third-order valence-electron chi connectivity index (χ3n) is 4.97. The number of ether oxygens (including phenoxy) is 2. The van der Waals surface area contributed by atoms with Gasteiger partial charge in [0.05, 0.1) is 13.2 Å². The highest BCUT2D eigenvalue weighted by Crippen LogP contribution is 2.32. The lowest BCUT2D eigenvalue weighted by molar-refractivity contribution is 0.216. The fraction of sp³-hybridized carbons (Fsp3) is 0.261. The van der Waals surface area contributed by atoms with Gasteiger partial charge < -0.3 is 19.5 Å². The third-order valence-corrected chi connectivity index (χ3v) is 5.25. The van der Waals surface area contributed by atoms with Crippen molar-refractivity contribution in [3.05, 3.63) is 76.9 Å². The molecule has 6 heteroatoms. The first-order valence-corrected chi connectivity index (χ1v) is 10.0. The molecule has 5 nitrogen and oxygen atoms in total. The molecule has 0 bridgehead atoms. The van der Waals surface area contributed by atoms with Crippen LogP contribution in [0.25, 0.3) is 0 Å². The van der Waals surface area contributed by atoms with Crippen molar-refractivity contribution in [1.82, 2.24) is 4.98 Å². The van der Waals surface area contributed by atoms with Gasteiger partial charge in [-0.15, -0.1) is 0 Å². The van der Waals surface area contributed by atoms with Crippen molar-refractivity contribution in [3.8, 4) is 17.4 Å². The number of nitrogens with zero attached hydrogens (tertiary/aromatic N) is 2. The van der Waals surface area contributed by atoms with Crippen LogP contribution >= 0.6 is 11.6 Å². The van der Waals surface area contributed by atoms with E-state index >= 15 is 0 Å². The molecule has 1 saturated heterocycles. The molecule has 4 rings (SSSR count). The third kappa shape index (κ3) is 4.63. The maximum Gasteiger partial charge on any atom is 0.232 e. The average Bonchev–Trinajstić information content (AvgIpc) is 3.19. The minimum Gasteiger partial charge on any atom is -0.471 e. The standard InChI is InChI=1S/C23H23ClN2O3/c1-16-4-6-18(7-5-16)28-19-8-9-22(17(13-19)15-27)26-12-10-20(14-26)29-23-21(24)3-2-11-25-23/h2-9,11,13,20,27H,10,12,14-15H2,1H3. The number of hydrogen-bond donors (Lipinski definition) is 1. The van der Waals surface area contributed by atoms with E-state index in [0.29, 0.717) is 23.2 Å². The number of aliphatic hydroxyl groups excluding tert-OH is 1. The molecule has 150 valence electrons. The van der Waals surface area contributed by atoms with Crippen LogP contribution in [0.2, 0.25) is 5.02 Å². The van der Waals surface area contributed by atoms with E-state index in [2.05, 4.69) is 9.88 Å². The first kappa shape index (κ1) is 19.6. The number of benzene rings is 2. The van der Waals surface area contributed by atoms with Crippen LogP contribution in [0.5, 0.6) is 17.4 Å². The fourth-order valence-corrected chi connectivity index (χ4v) is 3.63. The van der Waals surface area contributed by atoms with Crippen LogP contribution in [0.3, 0.4) is 0 Å². The molecule has 0 saturated carbocycles. The summed E-state index contributed by atoms with van der Waals surface area (Å²) in [6.07, 6.45) is 2.53. The van der Waals surface area contributed by atoms with E-state index in [1.807, 2.05) is 49.4 Å². The Labute approximate surface area is 175 Å². The van der Waals surface area contributed by atoms with Gasteiger partial charge in [0.2, 0.25) is 5.88 Å². The molecule has 1 aliphatic rings. The molecule has 1 aromatic heterocycles. The Morgan fingerprint density at radius 3 is 2.69 bits per heavy atom. The zero-order valence-electron chi connectivity index (χ0n) is 16.2. The number of anilines is 1. The van der Waals surface area contributed by atoms with Gasteiger partial charge >= 0.3 is 0 Å². The normalized spacial score (nSPS) is 16.1. The Balaban J connectivity index is 1.45. The Hall–Kier alpha value is -2.76. The lowest BCUT2D eigenvalue weighted by atomic mass is 10.1. The lowest BCUT2D eigenvalue weighted by Crippen LogP contribution is -2.25. The Bertz CT molecular complexity index is 978. The van der Waals surface area contributed by atoms with Crippen molar-refractivity contribution in [1.29, 1.82) is 0 Å². The van der Waals surface area contributed by atoms with Crippen molar-refractivity contribution in [3.63, 3.8) is 0 Å². The second-order valence-electron chi connectivity index (χ2n) is 7.13. The molecule has 1 N–H and O–H groups in total. The summed E-state index contributed by atoms with van der Waals surface area (Å²) >= 11 is 6.15. The van der Waals surface area contributed by atoms with Gasteiger partial charge in [-0.2, -0.15) is 0 Å². The zero-order valence-corrected chi connectivity index (χ0v) is 17.0. The Morgan fingerprint density at radius 1 is 1.14 bits per heavy atom. The summed E-state index contributed by atoms with van der Waals surface area (Å²) in [5, 5.41) is 10.4. The van der Waals surface area contributed by atoms with Gasteiger partial charge in [0.25, 0.3) is 0 Å². The minimum atomic E-state index is -0.0610. The highest BCUT2D eigenvalue weighted by atomic mass is 35.5. The van der Waals surface area contributed by atoms with Gasteiger partial charge in [0, 0.05) is 30.4 Å². The van der Waals surface area contributed by atoms with Crippen molar-refractivity contribution >= 4 is 17.3 Å². The molecular weight excluding hydrogens is 388 g/mol. The summed E-state index contributed by atoms with van der Waals surface area (Å²) in [4.78, 5) is 6.41. The summed E-state index contributed by atoms with van der Waals surface area (Å²) < 4.78 is 11.9. The quantitative estimate of drug-likeness (QED) is 0.620. The summed E-state index contributed by atoms with van der Waals surface area (Å²) in [5.41, 5.74) is 3.00. The van der Waals surface area contributed by atoms with Crippen molar-refractivity contribution < 1.29 is 14.6 Å². The maximum atomic E-state index is 9.90. The molecule has 1 atom stereocenters. The van der Waals surface area contributed by atoms with Crippen LogP contribution in [0.4, 0.5) is 5.69 Å². The summed E-state index contributed by atoms with van der Waals surface area (Å²) in [6, 6.07) is 17.3. The molecule has 1 unspecified atom stereocenters. The first-order valence-electron chi connectivity index (χ1n) is 9.63. The molecule has 1 aliphatic heterocycles. The number of aromatic nitrogens is 1. The fourth-order valence-electron chi connectivity index (χ4n) is 3.46. The van der Waals surface area contributed by atoms with Gasteiger partial charge in [-0.1, -0.05) is 29.3 Å². The van der Waals surface area contributed by atoms with Crippen LogP contribution in [-0.2, 0) is 6.61 Å². The first-order chi connectivity index (χ1) is 14.1. The van der Waals surface area contributed by atoms with Gasteiger partial charge in [0.15, 0.2) is 0 Å². The van der Waals surface area contributed by atoms with Gasteiger partial charge in [-0.3, -0.25) is 0 Å². The van der Waals surface area contributed by atoms with Crippen LogP contribution in [0, 0.1) is 6.92 Å². The monoisotopic (exact) mass is 410 g/mol. The van der Waals surface area contributed by atoms with Crippen molar-refractivity contribution in [2.75, 3.05) is 18.0 Å². The number of aliphatic hydroxyl groups is 1. The zero-order chi connectivity index (χ0) is 20.2. The van der Waals surface area contributed by atoms with Gasteiger partial charge in [-0.05, 0) is 49.4 Å². The van der Waals surface area contributed by atoms with Gasteiger partial charge in [-0.25, -0.2) is 4.98 Å². The number of pyridine rings is 1. The molecule has 0 spiro atoms. The topological polar surface area (TPSA) is 54.8 Å². The molecule has 3 aromatic rings. The number of hydrogen-bond acceptors (Lipinski definition) is 5. The second kappa shape index (κ2) is 8.72. The van der Waals surface area contributed by atoms with Crippen LogP contribution in [-0.4, -0.2) is 29.3 Å². The number of rotatable bonds is 6. The molecule has 0 aliphatic carbocycles. The Morgan fingerprint density at radius 2 is 1.93 bits per heavy atom. The predicted molar refractivity (Wildman–Crippen MR) is 114 cm³/mol. The van der Waals surface area contributed by atoms with Crippen LogP contribution < -0.4 is 14.4 Å². The van der Waals surface area contributed by atoms with E-state index < -0.39 is 0 Å². The Kier molecular flexibility index (Phi) is 5.88. The van der Waals surface area contributed by atoms with E-state index in [0.717, 1.165) is 30.0 Å². The number of aryl methyl sites for hydroxylation is 1. The van der Waals surface area contributed by atoms with E-state index in [-0.39, 0.29) is 12.7 Å². The van der Waals surface area contributed by atoms with Crippen molar-refractivity contribution in [2.24, 2.45) is 0 Å². The summed E-state index contributed by atoms with van der Waals surface area (Å²) in [6.45, 7) is 3.52. The molecule has 2 aromatic carbocycles. The summed E-state index contributed by atoms with van der Waals surface area (Å²) in [5.74, 6) is 1.94. The highest BCUT2D eigenvalue weighted by Gasteiger charge is 2.26. The molecule has 29 heavy (non-hydrogen) atoms. The number of halogens is 1. The maximum absolute atomic E-state index is 9.90. The van der Waals surface area contributed by atoms with Crippen LogP contribution in [0.15, 0.2) is 60.8 Å². The molecule has 0 radical (unpaired) electrons. The van der Waals surface area contributed by atoms with Gasteiger partial charge in [0.1, 0.15) is 22.6 Å². The average molecular weight is 411 g/mol. The molecule has 2 heterocycles. The van der Waals surface area contributed by atoms with E-state index in [9.17, 15) is 5.11 Å². The molecule has 1 fully saturated rings. The largest absolute Gasteiger partial charge is 0.471 e. The smallest absolute Gasteiger partial charge is 0.232 e. The van der Waals surface area contributed by atoms with Crippen molar-refractivity contribution in [2.45, 2.75) is 26.1 Å². The molecular formula is C23H23ClN2O3. The SMILES string of the molecule is Cc1ccc(Oc2ccc(N3CCC(Oc4ncccc4Cl)C3)c(CO)c2)cc1. The van der Waals surface area contributed by atoms with E-state index in [1.54, 1.807) is 18.3 Å². The summed E-state index contributed by atoms with van der Waals surface area (Å²) in [7, 11) is 0. The molecule has 0 amide bonds. The van der Waals surface area contributed by atoms with Crippen LogP contribution in [0.1, 0.15) is 17.5 Å². The predicted octanol–water partition coefficient (Wildman–Crippen LogP) is 4.99. The van der Waals surface area contributed by atoms with E-state index in [4.69, 9.17) is 21.1 Å². The highest BCUT2D eigenvalue weighted by molar-refractivity contribution is 6.31. The van der Waals surface area contributed by atoms with E-state index in [1.165, 1.54) is 5.56 Å². The lowest BCUT2D eigenvalue weighted by Gasteiger charge is -2.22. The second-order valence-corrected chi connectivity index (χ2v) is 7.54. The minimum absolute atomic E-state index is 0.00238.